The minimum atomic E-state index is 0.0542. The lowest BCUT2D eigenvalue weighted by Crippen LogP contribution is -2.62. The molecule has 4 nitrogen and oxygen atoms in total. The van der Waals surface area contributed by atoms with Crippen molar-refractivity contribution in [3.05, 3.63) is 70.8 Å². The second-order valence-electron chi connectivity index (χ2n) is 9.65. The van der Waals surface area contributed by atoms with Gasteiger partial charge in [0.05, 0.1) is 11.4 Å². The highest BCUT2D eigenvalue weighted by atomic mass is 16.5. The van der Waals surface area contributed by atoms with Crippen LogP contribution in [-0.2, 0) is 0 Å². The van der Waals surface area contributed by atoms with Crippen LogP contribution in [0.25, 0.3) is 0 Å². The maximum Gasteiger partial charge on any atom is 0.266 e. The van der Waals surface area contributed by atoms with Crippen LogP contribution in [0, 0.1) is 27.7 Å². The van der Waals surface area contributed by atoms with E-state index in [9.17, 15) is 0 Å². The van der Waals surface area contributed by atoms with E-state index in [1.165, 1.54) is 16.5 Å². The molecule has 0 N–H and O–H groups in total. The predicted octanol–water partition coefficient (Wildman–Crippen LogP) is 5.54. The van der Waals surface area contributed by atoms with Crippen LogP contribution in [-0.4, -0.2) is 6.71 Å². The van der Waals surface area contributed by atoms with Crippen molar-refractivity contribution in [2.75, 3.05) is 4.90 Å². The van der Waals surface area contributed by atoms with Crippen molar-refractivity contribution in [3.63, 3.8) is 0 Å². The smallest absolute Gasteiger partial charge is 0.266 e. The number of rotatable bonds is 0. The Labute approximate surface area is 192 Å². The summed E-state index contributed by atoms with van der Waals surface area (Å²) < 4.78 is 19.7. The van der Waals surface area contributed by atoms with E-state index in [1.807, 2.05) is 0 Å². The van der Waals surface area contributed by atoms with Crippen LogP contribution >= 0.6 is 0 Å². The first-order valence-corrected chi connectivity index (χ1v) is 11.4. The van der Waals surface area contributed by atoms with Crippen LogP contribution in [0.3, 0.4) is 0 Å². The number of nitrogens with zero attached hydrogens (tertiary/aromatic N) is 1. The molecule has 0 fully saturated rings. The summed E-state index contributed by atoms with van der Waals surface area (Å²) in [4.78, 5) is 2.34. The first-order valence-electron chi connectivity index (χ1n) is 11.4. The van der Waals surface area contributed by atoms with Crippen molar-refractivity contribution in [1.29, 1.82) is 0 Å². The SMILES string of the molecule is Cc1ccc2c(c1)Oc1cc(C)c3c4c1N2c1ccc(C)c2c1B4c1c(cc(C)cc1O3)O2. The molecule has 4 aromatic rings. The highest BCUT2D eigenvalue weighted by Gasteiger charge is 2.50. The lowest BCUT2D eigenvalue weighted by atomic mass is 9.33. The zero-order valence-electron chi connectivity index (χ0n) is 18.9. The number of benzene rings is 4. The average molecular weight is 429 g/mol. The third-order valence-electron chi connectivity index (χ3n) is 7.39. The van der Waals surface area contributed by atoms with E-state index in [-0.39, 0.29) is 6.71 Å². The van der Waals surface area contributed by atoms with Crippen LogP contribution in [0.5, 0.6) is 34.5 Å². The standard InChI is InChI=1S/C28H20BNO3/c1-13-5-7-17-19(9-13)31-22-12-16(4)28-25-26(22)30(17)18-8-6-15(3)27-23(18)29(25)24-20(32-27)10-14(2)11-21(24)33-28/h5-12H,1-4H3. The molecule has 0 atom stereocenters. The minimum Gasteiger partial charge on any atom is -0.458 e. The molecule has 0 amide bonds. The fraction of sp³-hybridized carbons (Fsp3) is 0.143. The van der Waals surface area contributed by atoms with Gasteiger partial charge in [-0.1, -0.05) is 12.1 Å². The Bertz CT molecular complexity index is 1590. The van der Waals surface area contributed by atoms with Crippen LogP contribution in [0.4, 0.5) is 17.1 Å². The monoisotopic (exact) mass is 429 g/mol. The molecule has 4 aliphatic rings. The molecule has 4 aromatic carbocycles. The first kappa shape index (κ1) is 17.7. The molecule has 33 heavy (non-hydrogen) atoms. The molecule has 0 unspecified atom stereocenters. The molecule has 8 rings (SSSR count). The summed E-state index contributed by atoms with van der Waals surface area (Å²) >= 11 is 0. The van der Waals surface area contributed by atoms with Crippen molar-refractivity contribution in [2.24, 2.45) is 0 Å². The van der Waals surface area contributed by atoms with Crippen molar-refractivity contribution < 1.29 is 14.2 Å². The lowest BCUT2D eigenvalue weighted by Gasteiger charge is -2.45. The van der Waals surface area contributed by atoms with Gasteiger partial charge in [0, 0.05) is 16.6 Å². The molecule has 4 heterocycles. The van der Waals surface area contributed by atoms with Gasteiger partial charge in [-0.05, 0) is 91.8 Å². The summed E-state index contributed by atoms with van der Waals surface area (Å²) in [6.07, 6.45) is 0. The molecular formula is C28H20BNO3. The van der Waals surface area contributed by atoms with Gasteiger partial charge >= 0.3 is 0 Å². The third-order valence-corrected chi connectivity index (χ3v) is 7.39. The summed E-state index contributed by atoms with van der Waals surface area (Å²) in [7, 11) is 0. The molecule has 158 valence electrons. The molecule has 0 spiro atoms. The highest BCUT2D eigenvalue weighted by Crippen LogP contribution is 2.55. The number of aryl methyl sites for hydroxylation is 4. The van der Waals surface area contributed by atoms with Crippen molar-refractivity contribution in [3.8, 4) is 34.5 Å². The van der Waals surface area contributed by atoms with Crippen LogP contribution in [0.2, 0.25) is 0 Å². The van der Waals surface area contributed by atoms with Gasteiger partial charge in [-0.3, -0.25) is 0 Å². The van der Waals surface area contributed by atoms with E-state index in [0.29, 0.717) is 0 Å². The molecule has 0 radical (unpaired) electrons. The van der Waals surface area contributed by atoms with Crippen LogP contribution < -0.4 is 35.5 Å². The quantitative estimate of drug-likeness (QED) is 0.297. The largest absolute Gasteiger partial charge is 0.458 e. The van der Waals surface area contributed by atoms with Crippen molar-refractivity contribution >= 4 is 40.2 Å². The van der Waals surface area contributed by atoms with E-state index < -0.39 is 0 Å². The van der Waals surface area contributed by atoms with Gasteiger partial charge in [0.15, 0.2) is 11.5 Å². The number of ether oxygens (including phenoxy) is 3. The Morgan fingerprint density at radius 1 is 0.576 bits per heavy atom. The molecule has 5 heteroatoms. The van der Waals surface area contributed by atoms with Crippen molar-refractivity contribution in [2.45, 2.75) is 27.7 Å². The molecule has 4 aliphatic heterocycles. The third kappa shape index (κ3) is 2.00. The normalized spacial score (nSPS) is 14.7. The predicted molar refractivity (Wildman–Crippen MR) is 131 cm³/mol. The summed E-state index contributed by atoms with van der Waals surface area (Å²) in [5.41, 5.74) is 11.3. The zero-order valence-corrected chi connectivity index (χ0v) is 18.9. The lowest BCUT2D eigenvalue weighted by molar-refractivity contribution is 0.453. The summed E-state index contributed by atoms with van der Waals surface area (Å²) in [6, 6.07) is 17.2. The maximum atomic E-state index is 6.61. The molecule has 0 saturated heterocycles. The van der Waals surface area contributed by atoms with Gasteiger partial charge in [-0.2, -0.15) is 0 Å². The first-order chi connectivity index (χ1) is 16.0. The van der Waals surface area contributed by atoms with E-state index >= 15 is 0 Å². The highest BCUT2D eigenvalue weighted by molar-refractivity contribution is 7.00. The van der Waals surface area contributed by atoms with E-state index in [2.05, 4.69) is 81.1 Å². The Morgan fingerprint density at radius 3 is 2.06 bits per heavy atom. The number of hydrogen-bond donors (Lipinski definition) is 0. The van der Waals surface area contributed by atoms with Crippen molar-refractivity contribution in [1.82, 2.24) is 0 Å². The minimum absolute atomic E-state index is 0.0542. The summed E-state index contributed by atoms with van der Waals surface area (Å²) in [6.45, 7) is 8.48. The fourth-order valence-corrected chi connectivity index (χ4v) is 6.02. The number of fused-ring (bicyclic) bond motifs is 3. The molecule has 0 bridgehead atoms. The van der Waals surface area contributed by atoms with E-state index in [0.717, 1.165) is 73.7 Å². The Balaban J connectivity index is 1.56. The second kappa shape index (κ2) is 5.55. The number of hydrogen-bond acceptors (Lipinski definition) is 4. The molecule has 0 aliphatic carbocycles. The zero-order chi connectivity index (χ0) is 22.2. The van der Waals surface area contributed by atoms with Gasteiger partial charge in [-0.25, -0.2) is 0 Å². The summed E-state index contributed by atoms with van der Waals surface area (Å²) in [5, 5.41) is 0. The molecule has 0 aromatic heterocycles. The van der Waals surface area contributed by atoms with Gasteiger partial charge in [0.25, 0.3) is 6.71 Å². The second-order valence-corrected chi connectivity index (χ2v) is 9.65. The Hall–Kier alpha value is -3.86. The Kier molecular flexibility index (Phi) is 2.97. The Morgan fingerprint density at radius 2 is 1.27 bits per heavy atom. The van der Waals surface area contributed by atoms with Gasteiger partial charge in [0.1, 0.15) is 23.0 Å². The van der Waals surface area contributed by atoms with E-state index in [4.69, 9.17) is 14.2 Å². The van der Waals surface area contributed by atoms with Gasteiger partial charge in [0.2, 0.25) is 0 Å². The number of anilines is 3. The van der Waals surface area contributed by atoms with Gasteiger partial charge < -0.3 is 19.1 Å². The maximum absolute atomic E-state index is 6.61. The van der Waals surface area contributed by atoms with Crippen LogP contribution in [0.1, 0.15) is 22.3 Å². The summed E-state index contributed by atoms with van der Waals surface area (Å²) in [5.74, 6) is 5.44. The van der Waals surface area contributed by atoms with Crippen LogP contribution in [0.15, 0.2) is 48.5 Å². The average Bonchev–Trinajstić information content (AvgIpc) is 2.78. The van der Waals surface area contributed by atoms with E-state index in [1.54, 1.807) is 0 Å². The molecular weight excluding hydrogens is 409 g/mol. The van der Waals surface area contributed by atoms with Gasteiger partial charge in [-0.15, -0.1) is 0 Å². The molecule has 0 saturated carbocycles. The fourth-order valence-electron chi connectivity index (χ4n) is 6.02. The topological polar surface area (TPSA) is 30.9 Å².